The summed E-state index contributed by atoms with van der Waals surface area (Å²) in [7, 11) is 0. The highest BCUT2D eigenvalue weighted by Crippen LogP contribution is 2.34. The SMILES string of the molecule is CCOc1cc(/C=C2/SC(=S)N(NC(=O)c3cccs3)C2=O)ccc1OCc1ccc(Cl)cc1. The normalized spacial score (nSPS) is 14.5. The quantitative estimate of drug-likeness (QED) is 0.288. The lowest BCUT2D eigenvalue weighted by Crippen LogP contribution is -2.44. The zero-order valence-electron chi connectivity index (χ0n) is 17.9. The zero-order valence-corrected chi connectivity index (χ0v) is 21.2. The van der Waals surface area contributed by atoms with E-state index in [-0.39, 0.29) is 16.1 Å². The van der Waals surface area contributed by atoms with Crippen LogP contribution >= 0.6 is 46.9 Å². The van der Waals surface area contributed by atoms with Crippen LogP contribution < -0.4 is 14.9 Å². The Labute approximate surface area is 215 Å². The Bertz CT molecular complexity index is 1240. The average molecular weight is 531 g/mol. The number of benzene rings is 2. The summed E-state index contributed by atoms with van der Waals surface area (Å²) in [6.45, 7) is 2.70. The van der Waals surface area contributed by atoms with Crippen LogP contribution in [0.5, 0.6) is 11.5 Å². The number of ether oxygens (including phenoxy) is 2. The van der Waals surface area contributed by atoms with Gasteiger partial charge in [0.15, 0.2) is 15.8 Å². The topological polar surface area (TPSA) is 67.9 Å². The average Bonchev–Trinajstić information content (AvgIpc) is 3.45. The lowest BCUT2D eigenvalue weighted by molar-refractivity contribution is -0.123. The van der Waals surface area contributed by atoms with Crippen molar-refractivity contribution in [2.45, 2.75) is 13.5 Å². The monoisotopic (exact) mass is 530 g/mol. The standard InChI is InChI=1S/C24H19ClN2O4S3/c1-2-30-19-12-16(7-10-18(19)31-14-15-5-8-17(25)9-6-15)13-21-23(29)27(24(32)34-21)26-22(28)20-4-3-11-33-20/h3-13H,2,14H2,1H3,(H,26,28)/b21-13+. The molecule has 3 aromatic rings. The molecule has 1 N–H and O–H groups in total. The number of thiophene rings is 1. The number of hydrazine groups is 1. The molecule has 34 heavy (non-hydrogen) atoms. The summed E-state index contributed by atoms with van der Waals surface area (Å²) in [5.74, 6) is 0.380. The highest BCUT2D eigenvalue weighted by Gasteiger charge is 2.34. The molecule has 0 bridgehead atoms. The summed E-state index contributed by atoms with van der Waals surface area (Å²) in [6, 6.07) is 16.3. The molecule has 2 aromatic carbocycles. The van der Waals surface area contributed by atoms with Gasteiger partial charge in [0.05, 0.1) is 16.4 Å². The summed E-state index contributed by atoms with van der Waals surface area (Å²) >= 11 is 13.6. The van der Waals surface area contributed by atoms with Crippen molar-refractivity contribution in [1.82, 2.24) is 10.4 Å². The van der Waals surface area contributed by atoms with Crippen LogP contribution in [0.2, 0.25) is 5.02 Å². The van der Waals surface area contributed by atoms with E-state index in [1.54, 1.807) is 35.7 Å². The van der Waals surface area contributed by atoms with Gasteiger partial charge >= 0.3 is 0 Å². The molecule has 4 rings (SSSR count). The van der Waals surface area contributed by atoms with E-state index >= 15 is 0 Å². The second kappa shape index (κ2) is 11.1. The number of carbonyl (C=O) groups is 2. The van der Waals surface area contributed by atoms with E-state index in [9.17, 15) is 9.59 Å². The van der Waals surface area contributed by atoms with Gasteiger partial charge in [-0.3, -0.25) is 15.0 Å². The summed E-state index contributed by atoms with van der Waals surface area (Å²) in [5, 5.41) is 3.55. The smallest absolute Gasteiger partial charge is 0.285 e. The number of carbonyl (C=O) groups excluding carboxylic acids is 2. The number of amides is 2. The van der Waals surface area contributed by atoms with Crippen molar-refractivity contribution in [3.05, 3.63) is 85.9 Å². The van der Waals surface area contributed by atoms with Gasteiger partial charge < -0.3 is 9.47 Å². The predicted molar refractivity (Wildman–Crippen MR) is 140 cm³/mol. The third-order valence-electron chi connectivity index (χ3n) is 4.62. The van der Waals surface area contributed by atoms with Crippen molar-refractivity contribution < 1.29 is 19.1 Å². The Kier molecular flexibility index (Phi) is 7.89. The molecule has 2 amide bonds. The Balaban J connectivity index is 1.48. The Morgan fingerprint density at radius 2 is 1.94 bits per heavy atom. The summed E-state index contributed by atoms with van der Waals surface area (Å²) in [5.41, 5.74) is 4.29. The van der Waals surface area contributed by atoms with E-state index in [0.29, 0.717) is 39.5 Å². The molecule has 10 heteroatoms. The van der Waals surface area contributed by atoms with Crippen molar-refractivity contribution in [2.24, 2.45) is 0 Å². The number of hydrogen-bond acceptors (Lipinski definition) is 7. The van der Waals surface area contributed by atoms with Crippen LogP contribution in [-0.2, 0) is 11.4 Å². The fourth-order valence-electron chi connectivity index (χ4n) is 3.02. The molecule has 0 atom stereocenters. The molecule has 1 aliphatic rings. The first-order valence-corrected chi connectivity index (χ1v) is 12.7. The number of thiocarbonyl (C=S) groups is 1. The zero-order chi connectivity index (χ0) is 24.1. The summed E-state index contributed by atoms with van der Waals surface area (Å²) < 4.78 is 12.0. The van der Waals surface area contributed by atoms with E-state index in [4.69, 9.17) is 33.3 Å². The van der Waals surface area contributed by atoms with Gasteiger partial charge in [-0.15, -0.1) is 11.3 Å². The van der Waals surface area contributed by atoms with Crippen LogP contribution in [0, 0.1) is 0 Å². The third kappa shape index (κ3) is 5.79. The highest BCUT2D eigenvalue weighted by molar-refractivity contribution is 8.26. The molecule has 1 aliphatic heterocycles. The summed E-state index contributed by atoms with van der Waals surface area (Å²) in [4.78, 5) is 26.1. The molecule has 0 unspecified atom stereocenters. The van der Waals surface area contributed by atoms with E-state index in [1.807, 2.05) is 37.3 Å². The van der Waals surface area contributed by atoms with Crippen molar-refractivity contribution in [1.29, 1.82) is 0 Å². The Morgan fingerprint density at radius 1 is 1.15 bits per heavy atom. The van der Waals surface area contributed by atoms with Gasteiger partial charge in [-0.05, 0) is 72.1 Å². The number of nitrogens with one attached hydrogen (secondary N) is 1. The van der Waals surface area contributed by atoms with Gasteiger partial charge in [0.1, 0.15) is 6.61 Å². The van der Waals surface area contributed by atoms with Crippen LogP contribution in [-0.4, -0.2) is 27.8 Å². The maximum absolute atomic E-state index is 12.9. The second-order valence-electron chi connectivity index (χ2n) is 6.99. The van der Waals surface area contributed by atoms with Crippen LogP contribution in [0.15, 0.2) is 64.9 Å². The van der Waals surface area contributed by atoms with Gasteiger partial charge in [-0.1, -0.05) is 47.6 Å². The van der Waals surface area contributed by atoms with Crippen molar-refractivity contribution in [3.63, 3.8) is 0 Å². The number of rotatable bonds is 8. The molecule has 2 heterocycles. The van der Waals surface area contributed by atoms with E-state index in [2.05, 4.69) is 5.43 Å². The van der Waals surface area contributed by atoms with Crippen molar-refractivity contribution >= 4 is 69.1 Å². The predicted octanol–water partition coefficient (Wildman–Crippen LogP) is 5.93. The van der Waals surface area contributed by atoms with Crippen LogP contribution in [0.4, 0.5) is 0 Å². The van der Waals surface area contributed by atoms with Gasteiger partial charge in [-0.2, -0.15) is 5.01 Å². The molecular weight excluding hydrogens is 512 g/mol. The fourth-order valence-corrected chi connectivity index (χ4v) is 4.94. The van der Waals surface area contributed by atoms with Crippen LogP contribution in [0.1, 0.15) is 27.7 Å². The number of hydrogen-bond donors (Lipinski definition) is 1. The molecule has 1 fully saturated rings. The first-order valence-electron chi connectivity index (χ1n) is 10.2. The molecule has 1 saturated heterocycles. The Morgan fingerprint density at radius 3 is 2.65 bits per heavy atom. The first-order chi connectivity index (χ1) is 16.4. The number of nitrogens with zero attached hydrogens (tertiary/aromatic N) is 1. The van der Waals surface area contributed by atoms with Crippen molar-refractivity contribution in [3.8, 4) is 11.5 Å². The maximum atomic E-state index is 12.9. The maximum Gasteiger partial charge on any atom is 0.285 e. The number of thioether (sulfide) groups is 1. The van der Waals surface area contributed by atoms with Crippen LogP contribution in [0.25, 0.3) is 6.08 Å². The highest BCUT2D eigenvalue weighted by atomic mass is 35.5. The summed E-state index contributed by atoms with van der Waals surface area (Å²) in [6.07, 6.45) is 1.71. The molecule has 0 radical (unpaired) electrons. The minimum Gasteiger partial charge on any atom is -0.490 e. The number of halogens is 1. The molecule has 1 aromatic heterocycles. The van der Waals surface area contributed by atoms with E-state index < -0.39 is 0 Å². The van der Waals surface area contributed by atoms with Gasteiger partial charge in [0.25, 0.3) is 11.8 Å². The molecule has 0 aliphatic carbocycles. The fraction of sp³-hybridized carbons (Fsp3) is 0.125. The lowest BCUT2D eigenvalue weighted by Gasteiger charge is -2.14. The second-order valence-corrected chi connectivity index (χ2v) is 10.0. The minimum atomic E-state index is -0.388. The minimum absolute atomic E-state index is 0.258. The third-order valence-corrected chi connectivity index (χ3v) is 7.05. The first kappa shape index (κ1) is 24.3. The lowest BCUT2D eigenvalue weighted by atomic mass is 10.2. The molecule has 174 valence electrons. The van der Waals surface area contributed by atoms with E-state index in [0.717, 1.165) is 27.9 Å². The molecule has 6 nitrogen and oxygen atoms in total. The Hall–Kier alpha value is -2.85. The van der Waals surface area contributed by atoms with Crippen LogP contribution in [0.3, 0.4) is 0 Å². The largest absolute Gasteiger partial charge is 0.490 e. The van der Waals surface area contributed by atoms with Gasteiger partial charge in [-0.25, -0.2) is 0 Å². The molecule has 0 spiro atoms. The molecular formula is C24H19ClN2O4S3. The van der Waals surface area contributed by atoms with Gasteiger partial charge in [0, 0.05) is 5.02 Å². The van der Waals surface area contributed by atoms with Crippen molar-refractivity contribution in [2.75, 3.05) is 6.61 Å². The van der Waals surface area contributed by atoms with E-state index in [1.165, 1.54) is 11.3 Å². The van der Waals surface area contributed by atoms with Gasteiger partial charge in [0.2, 0.25) is 0 Å². The molecule has 0 saturated carbocycles.